The molecule has 2 heterocycles. The van der Waals surface area contributed by atoms with E-state index in [1.54, 1.807) is 36.4 Å². The largest absolute Gasteiger partial charge is 0.872 e. The number of hydrogen-bond donors (Lipinski definition) is 1. The zero-order valence-corrected chi connectivity index (χ0v) is 22.5. The van der Waals surface area contributed by atoms with E-state index in [9.17, 15) is 14.7 Å². The number of carbonyl (C=O) groups excluding carboxylic acids is 2. The quantitative estimate of drug-likeness (QED) is 0.269. The second-order valence-corrected chi connectivity index (χ2v) is 9.24. The second kappa shape index (κ2) is 12.2. The molecule has 0 bridgehead atoms. The molecule has 1 atom stereocenters. The van der Waals surface area contributed by atoms with Crippen molar-refractivity contribution in [1.29, 1.82) is 0 Å². The first-order chi connectivity index (χ1) is 18.4. The third-order valence-electron chi connectivity index (χ3n) is 7.07. The number of quaternary nitrogens is 1. The predicted octanol–water partition coefficient (Wildman–Crippen LogP) is 1.40. The van der Waals surface area contributed by atoms with E-state index in [4.69, 9.17) is 18.9 Å². The molecule has 2 aromatic carbocycles. The summed E-state index contributed by atoms with van der Waals surface area (Å²) in [6.45, 7) is 10.5. The molecule has 2 aliphatic rings. The van der Waals surface area contributed by atoms with Gasteiger partial charge in [-0.05, 0) is 56.2 Å². The number of fused-ring (bicyclic) bond motifs is 1. The number of amides is 1. The Kier molecular flexibility index (Phi) is 8.78. The van der Waals surface area contributed by atoms with Crippen LogP contribution in [0.4, 0.5) is 0 Å². The fourth-order valence-electron chi connectivity index (χ4n) is 5.02. The summed E-state index contributed by atoms with van der Waals surface area (Å²) in [5.74, 6) is 0.0460. The van der Waals surface area contributed by atoms with E-state index in [1.807, 2.05) is 6.92 Å². The molecule has 9 heteroatoms. The van der Waals surface area contributed by atoms with Crippen LogP contribution in [-0.2, 0) is 9.59 Å². The Bertz CT molecular complexity index is 1210. The molecular weight excluding hydrogens is 488 g/mol. The highest BCUT2D eigenvalue weighted by molar-refractivity contribution is 6.46. The third kappa shape index (κ3) is 5.43. The Morgan fingerprint density at radius 3 is 2.45 bits per heavy atom. The van der Waals surface area contributed by atoms with Crippen molar-refractivity contribution >= 4 is 17.4 Å². The van der Waals surface area contributed by atoms with Crippen molar-refractivity contribution in [2.24, 2.45) is 0 Å². The molecule has 2 aliphatic heterocycles. The van der Waals surface area contributed by atoms with Crippen LogP contribution >= 0.6 is 0 Å². The minimum Gasteiger partial charge on any atom is -0.872 e. The highest BCUT2D eigenvalue weighted by Gasteiger charge is 2.44. The molecule has 2 aromatic rings. The van der Waals surface area contributed by atoms with Gasteiger partial charge >= 0.3 is 0 Å². The normalized spacial score (nSPS) is 18.2. The van der Waals surface area contributed by atoms with Gasteiger partial charge in [0.25, 0.3) is 5.91 Å². The summed E-state index contributed by atoms with van der Waals surface area (Å²) in [6.07, 6.45) is 0.701. The van der Waals surface area contributed by atoms with Crippen LogP contribution in [0, 0.1) is 0 Å². The smallest absolute Gasteiger partial charge is 0.295 e. The summed E-state index contributed by atoms with van der Waals surface area (Å²) in [5, 5.41) is 13.8. The van der Waals surface area contributed by atoms with Crippen molar-refractivity contribution in [3.8, 4) is 23.0 Å². The van der Waals surface area contributed by atoms with E-state index in [1.165, 1.54) is 16.9 Å². The number of ether oxygens (including phenoxy) is 4. The zero-order chi connectivity index (χ0) is 27.2. The van der Waals surface area contributed by atoms with E-state index in [2.05, 4.69) is 13.8 Å². The van der Waals surface area contributed by atoms with Crippen molar-refractivity contribution in [3.05, 3.63) is 53.1 Å². The lowest BCUT2D eigenvalue weighted by Crippen LogP contribution is -3.11. The van der Waals surface area contributed by atoms with Crippen molar-refractivity contribution in [2.75, 3.05) is 53.1 Å². The first-order valence-electron chi connectivity index (χ1n) is 13.2. The average molecular weight is 525 g/mol. The Morgan fingerprint density at radius 2 is 1.76 bits per heavy atom. The molecule has 38 heavy (non-hydrogen) atoms. The number of likely N-dealkylation sites (tertiary alicyclic amines) is 1. The number of carbonyl (C=O) groups is 2. The highest BCUT2D eigenvalue weighted by atomic mass is 16.6. The predicted molar refractivity (Wildman–Crippen MR) is 140 cm³/mol. The molecule has 0 saturated carbocycles. The Labute approximate surface area is 223 Å². The molecule has 1 fully saturated rings. The van der Waals surface area contributed by atoms with Crippen molar-refractivity contribution in [2.45, 2.75) is 33.2 Å². The van der Waals surface area contributed by atoms with Crippen LogP contribution in [0.1, 0.15) is 44.4 Å². The van der Waals surface area contributed by atoms with E-state index < -0.39 is 23.5 Å². The van der Waals surface area contributed by atoms with Gasteiger partial charge in [-0.15, -0.1) is 0 Å². The maximum absolute atomic E-state index is 13.8. The summed E-state index contributed by atoms with van der Waals surface area (Å²) in [4.78, 5) is 29.6. The summed E-state index contributed by atoms with van der Waals surface area (Å²) >= 11 is 0. The standard InChI is InChI=1S/C29H36N2O7/c1-5-30(6-2)13-8-14-31-26(19-9-11-21(36-7-3)23(17-19)35-4)25(28(33)29(31)34)27(32)20-10-12-22-24(18-20)38-16-15-37-22/h9-12,17-18,26,32H,5-8,13-16H2,1-4H3/b27-25+. The van der Waals surface area contributed by atoms with E-state index in [0.717, 1.165) is 19.6 Å². The minimum atomic E-state index is -0.841. The van der Waals surface area contributed by atoms with E-state index in [0.29, 0.717) is 61.3 Å². The van der Waals surface area contributed by atoms with Gasteiger partial charge in [0.1, 0.15) is 13.2 Å². The number of methoxy groups -OCH3 is 1. The number of nitrogens with one attached hydrogen (secondary N) is 1. The molecular formula is C29H36N2O7. The Morgan fingerprint density at radius 1 is 1.03 bits per heavy atom. The summed E-state index contributed by atoms with van der Waals surface area (Å²) < 4.78 is 22.4. The van der Waals surface area contributed by atoms with Gasteiger partial charge in [-0.25, -0.2) is 0 Å². The molecule has 204 valence electrons. The third-order valence-corrected chi connectivity index (χ3v) is 7.07. The molecule has 1 N–H and O–H groups in total. The molecule has 0 aromatic heterocycles. The summed E-state index contributed by atoms with van der Waals surface area (Å²) in [7, 11) is 1.53. The number of hydrogen-bond acceptors (Lipinski definition) is 7. The van der Waals surface area contributed by atoms with Crippen LogP contribution in [0.25, 0.3) is 5.76 Å². The first kappa shape index (κ1) is 27.3. The SMILES string of the molecule is CCOc1ccc(C2/C(=C(\[O-])c3ccc4c(c3)OCCO4)C(=O)C(=O)N2CCC[NH+](CC)CC)cc1OC. The van der Waals surface area contributed by atoms with Crippen molar-refractivity contribution < 1.29 is 38.5 Å². The lowest BCUT2D eigenvalue weighted by Gasteiger charge is -2.29. The maximum atomic E-state index is 13.8. The van der Waals surface area contributed by atoms with Crippen LogP contribution in [-0.4, -0.2) is 69.7 Å². The van der Waals surface area contributed by atoms with Gasteiger partial charge < -0.3 is 33.9 Å². The minimum absolute atomic E-state index is 0.0759. The molecule has 0 aliphatic carbocycles. The van der Waals surface area contributed by atoms with E-state index in [-0.39, 0.29) is 11.1 Å². The van der Waals surface area contributed by atoms with Gasteiger partial charge in [-0.2, -0.15) is 0 Å². The molecule has 0 radical (unpaired) electrons. The number of rotatable bonds is 11. The summed E-state index contributed by atoms with van der Waals surface area (Å²) in [5.41, 5.74) is 0.802. The van der Waals surface area contributed by atoms with Crippen molar-refractivity contribution in [1.82, 2.24) is 4.90 Å². The fraction of sp³-hybridized carbons (Fsp3) is 0.448. The molecule has 9 nitrogen and oxygen atoms in total. The van der Waals surface area contributed by atoms with Gasteiger partial charge in [0, 0.05) is 18.5 Å². The van der Waals surface area contributed by atoms with Gasteiger partial charge in [0.05, 0.1) is 39.4 Å². The molecule has 1 saturated heterocycles. The molecule has 1 amide bonds. The Balaban J connectivity index is 1.78. The zero-order valence-electron chi connectivity index (χ0n) is 22.5. The highest BCUT2D eigenvalue weighted by Crippen LogP contribution is 2.42. The molecule has 1 unspecified atom stereocenters. The Hall–Kier alpha value is -3.72. The fourth-order valence-corrected chi connectivity index (χ4v) is 5.02. The van der Waals surface area contributed by atoms with Crippen LogP contribution in [0.5, 0.6) is 23.0 Å². The number of Topliss-reactive ketones (excluding diaryl/α,β-unsaturated/α-hetero) is 1. The van der Waals surface area contributed by atoms with Crippen molar-refractivity contribution in [3.63, 3.8) is 0 Å². The number of benzene rings is 2. The summed E-state index contributed by atoms with van der Waals surface area (Å²) in [6, 6.07) is 9.25. The van der Waals surface area contributed by atoms with Crippen LogP contribution in [0.3, 0.4) is 0 Å². The van der Waals surface area contributed by atoms with Gasteiger partial charge in [0.2, 0.25) is 5.78 Å². The van der Waals surface area contributed by atoms with Crippen LogP contribution in [0.15, 0.2) is 42.0 Å². The monoisotopic (exact) mass is 524 g/mol. The van der Waals surface area contributed by atoms with Gasteiger partial charge in [-0.3, -0.25) is 9.59 Å². The second-order valence-electron chi connectivity index (χ2n) is 9.24. The lowest BCUT2D eigenvalue weighted by molar-refractivity contribution is -0.896. The van der Waals surface area contributed by atoms with Gasteiger partial charge in [0.15, 0.2) is 23.0 Å². The molecule has 4 rings (SSSR count). The number of ketones is 1. The first-order valence-corrected chi connectivity index (χ1v) is 13.2. The van der Waals surface area contributed by atoms with E-state index >= 15 is 0 Å². The van der Waals surface area contributed by atoms with Crippen LogP contribution < -0.4 is 29.0 Å². The maximum Gasteiger partial charge on any atom is 0.295 e. The number of nitrogens with zero attached hydrogens (tertiary/aromatic N) is 1. The average Bonchev–Trinajstić information content (AvgIpc) is 3.20. The van der Waals surface area contributed by atoms with Crippen LogP contribution in [0.2, 0.25) is 0 Å². The topological polar surface area (TPSA) is 102 Å². The lowest BCUT2D eigenvalue weighted by atomic mass is 9.94. The van der Waals surface area contributed by atoms with Gasteiger partial charge in [-0.1, -0.05) is 17.9 Å². The molecule has 0 spiro atoms.